The molecule has 0 fully saturated rings. The standard InChI is InChI=1S/C11H17NOS/c1-8-3-4-11(10(12)7-8)14-6-5-9(2)13/h3-4,7,9,13H,5-6,12H2,1-2H3. The minimum absolute atomic E-state index is 0.228. The van der Waals surface area contributed by atoms with E-state index in [9.17, 15) is 0 Å². The molecule has 1 aromatic carbocycles. The number of aryl methyl sites for hydroxylation is 1. The molecule has 2 nitrogen and oxygen atoms in total. The number of nitrogen functional groups attached to an aromatic ring is 1. The van der Waals surface area contributed by atoms with Crippen LogP contribution in [0.1, 0.15) is 18.9 Å². The van der Waals surface area contributed by atoms with E-state index in [0.29, 0.717) is 0 Å². The highest BCUT2D eigenvalue weighted by Gasteiger charge is 2.01. The van der Waals surface area contributed by atoms with Crippen LogP contribution in [0.25, 0.3) is 0 Å². The van der Waals surface area contributed by atoms with Gasteiger partial charge in [-0.25, -0.2) is 0 Å². The van der Waals surface area contributed by atoms with Crippen molar-refractivity contribution in [3.05, 3.63) is 23.8 Å². The Morgan fingerprint density at radius 1 is 1.50 bits per heavy atom. The zero-order valence-corrected chi connectivity index (χ0v) is 9.47. The predicted octanol–water partition coefficient (Wildman–Crippen LogP) is 2.44. The molecule has 0 spiro atoms. The first-order valence-electron chi connectivity index (χ1n) is 4.76. The molecule has 1 rings (SSSR count). The van der Waals surface area contributed by atoms with Gasteiger partial charge in [-0.15, -0.1) is 11.8 Å². The Morgan fingerprint density at radius 3 is 2.79 bits per heavy atom. The Hall–Kier alpha value is -0.670. The van der Waals surface area contributed by atoms with Crippen LogP contribution in [0.4, 0.5) is 5.69 Å². The highest BCUT2D eigenvalue weighted by atomic mass is 32.2. The Kier molecular flexibility index (Phi) is 4.29. The van der Waals surface area contributed by atoms with Gasteiger partial charge in [0, 0.05) is 16.3 Å². The number of aliphatic hydroxyl groups excluding tert-OH is 1. The summed E-state index contributed by atoms with van der Waals surface area (Å²) < 4.78 is 0. The van der Waals surface area contributed by atoms with Crippen molar-refractivity contribution >= 4 is 17.4 Å². The summed E-state index contributed by atoms with van der Waals surface area (Å²) in [6.07, 6.45) is 0.576. The fourth-order valence-electron chi connectivity index (χ4n) is 1.14. The fraction of sp³-hybridized carbons (Fsp3) is 0.455. The van der Waals surface area contributed by atoms with E-state index in [1.165, 1.54) is 5.56 Å². The van der Waals surface area contributed by atoms with Crippen LogP contribution in [0.3, 0.4) is 0 Å². The number of thioether (sulfide) groups is 1. The second kappa shape index (κ2) is 5.27. The summed E-state index contributed by atoms with van der Waals surface area (Å²) in [7, 11) is 0. The van der Waals surface area contributed by atoms with E-state index in [1.54, 1.807) is 18.7 Å². The third-order valence-electron chi connectivity index (χ3n) is 1.96. The van der Waals surface area contributed by atoms with Gasteiger partial charge in [0.05, 0.1) is 6.10 Å². The molecule has 0 aliphatic heterocycles. The maximum atomic E-state index is 9.10. The number of benzene rings is 1. The molecule has 0 heterocycles. The lowest BCUT2D eigenvalue weighted by Gasteiger charge is -2.07. The molecule has 0 bridgehead atoms. The zero-order valence-electron chi connectivity index (χ0n) is 8.66. The molecule has 3 heteroatoms. The third kappa shape index (κ3) is 3.60. The van der Waals surface area contributed by atoms with E-state index >= 15 is 0 Å². The molecular formula is C11H17NOS. The number of aliphatic hydroxyl groups is 1. The second-order valence-corrected chi connectivity index (χ2v) is 4.66. The van der Waals surface area contributed by atoms with Gasteiger partial charge in [-0.1, -0.05) is 6.07 Å². The molecule has 1 aromatic rings. The molecule has 0 radical (unpaired) electrons. The van der Waals surface area contributed by atoms with Gasteiger partial charge in [0.1, 0.15) is 0 Å². The van der Waals surface area contributed by atoms with E-state index in [2.05, 4.69) is 6.07 Å². The van der Waals surface area contributed by atoms with Gasteiger partial charge in [0.25, 0.3) is 0 Å². The van der Waals surface area contributed by atoms with Crippen molar-refractivity contribution < 1.29 is 5.11 Å². The quantitative estimate of drug-likeness (QED) is 0.594. The van der Waals surface area contributed by atoms with Crippen molar-refractivity contribution in [2.24, 2.45) is 0 Å². The van der Waals surface area contributed by atoms with Crippen molar-refractivity contribution in [2.45, 2.75) is 31.3 Å². The first-order chi connectivity index (χ1) is 6.59. The summed E-state index contributed by atoms with van der Waals surface area (Å²) in [5.74, 6) is 0.908. The average Bonchev–Trinajstić information content (AvgIpc) is 2.08. The smallest absolute Gasteiger partial charge is 0.0520 e. The Labute approximate surface area is 89.5 Å². The predicted molar refractivity (Wildman–Crippen MR) is 62.6 cm³/mol. The molecule has 0 aliphatic carbocycles. The topological polar surface area (TPSA) is 46.2 Å². The monoisotopic (exact) mass is 211 g/mol. The minimum atomic E-state index is -0.228. The molecule has 0 saturated carbocycles. The lowest BCUT2D eigenvalue weighted by atomic mass is 10.2. The summed E-state index contributed by atoms with van der Waals surface area (Å²) >= 11 is 1.70. The lowest BCUT2D eigenvalue weighted by Crippen LogP contribution is -2.00. The second-order valence-electron chi connectivity index (χ2n) is 3.53. The molecular weight excluding hydrogens is 194 g/mol. The van der Waals surface area contributed by atoms with Gasteiger partial charge in [0.2, 0.25) is 0 Å². The summed E-state index contributed by atoms with van der Waals surface area (Å²) in [6, 6.07) is 6.07. The van der Waals surface area contributed by atoms with Crippen LogP contribution in [-0.2, 0) is 0 Å². The van der Waals surface area contributed by atoms with Crippen LogP contribution in [0.2, 0.25) is 0 Å². The number of hydrogen-bond acceptors (Lipinski definition) is 3. The van der Waals surface area contributed by atoms with E-state index < -0.39 is 0 Å². The van der Waals surface area contributed by atoms with E-state index in [4.69, 9.17) is 10.8 Å². The van der Waals surface area contributed by atoms with Gasteiger partial charge in [-0.05, 0) is 38.0 Å². The molecule has 0 aromatic heterocycles. The van der Waals surface area contributed by atoms with E-state index in [-0.39, 0.29) is 6.10 Å². The van der Waals surface area contributed by atoms with Crippen molar-refractivity contribution in [2.75, 3.05) is 11.5 Å². The SMILES string of the molecule is Cc1ccc(SCCC(C)O)c(N)c1. The van der Waals surface area contributed by atoms with Crippen molar-refractivity contribution in [3.8, 4) is 0 Å². The first kappa shape index (κ1) is 11.4. The first-order valence-corrected chi connectivity index (χ1v) is 5.75. The van der Waals surface area contributed by atoms with Crippen molar-refractivity contribution in [1.82, 2.24) is 0 Å². The third-order valence-corrected chi connectivity index (χ3v) is 3.08. The molecule has 0 amide bonds. The van der Waals surface area contributed by atoms with Gasteiger partial charge in [-0.2, -0.15) is 0 Å². The molecule has 0 saturated heterocycles. The van der Waals surface area contributed by atoms with Gasteiger partial charge >= 0.3 is 0 Å². The van der Waals surface area contributed by atoms with Gasteiger partial charge < -0.3 is 10.8 Å². The van der Waals surface area contributed by atoms with Crippen LogP contribution in [0.5, 0.6) is 0 Å². The summed E-state index contributed by atoms with van der Waals surface area (Å²) in [5, 5.41) is 9.10. The molecule has 78 valence electrons. The Balaban J connectivity index is 2.51. The molecule has 1 atom stereocenters. The van der Waals surface area contributed by atoms with Crippen LogP contribution in [0.15, 0.2) is 23.1 Å². The lowest BCUT2D eigenvalue weighted by molar-refractivity contribution is 0.192. The Morgan fingerprint density at radius 2 is 2.21 bits per heavy atom. The summed E-state index contributed by atoms with van der Waals surface area (Å²) in [4.78, 5) is 1.11. The molecule has 0 aliphatic rings. The molecule has 3 N–H and O–H groups in total. The number of anilines is 1. The van der Waals surface area contributed by atoms with Crippen molar-refractivity contribution in [1.29, 1.82) is 0 Å². The van der Waals surface area contributed by atoms with E-state index in [1.807, 2.05) is 19.1 Å². The minimum Gasteiger partial charge on any atom is -0.398 e. The van der Waals surface area contributed by atoms with Crippen LogP contribution in [0, 0.1) is 6.92 Å². The van der Waals surface area contributed by atoms with Crippen LogP contribution >= 0.6 is 11.8 Å². The maximum Gasteiger partial charge on any atom is 0.0520 e. The van der Waals surface area contributed by atoms with E-state index in [0.717, 1.165) is 22.8 Å². The van der Waals surface area contributed by atoms with Gasteiger partial charge in [0.15, 0.2) is 0 Å². The fourth-order valence-corrected chi connectivity index (χ4v) is 2.21. The number of hydrogen-bond donors (Lipinski definition) is 2. The number of nitrogens with two attached hydrogens (primary N) is 1. The number of rotatable bonds is 4. The summed E-state index contributed by atoms with van der Waals surface area (Å²) in [5.41, 5.74) is 7.87. The highest BCUT2D eigenvalue weighted by molar-refractivity contribution is 7.99. The average molecular weight is 211 g/mol. The highest BCUT2D eigenvalue weighted by Crippen LogP contribution is 2.26. The molecule has 14 heavy (non-hydrogen) atoms. The summed E-state index contributed by atoms with van der Waals surface area (Å²) in [6.45, 7) is 3.83. The van der Waals surface area contributed by atoms with Crippen LogP contribution < -0.4 is 5.73 Å². The van der Waals surface area contributed by atoms with Crippen LogP contribution in [-0.4, -0.2) is 17.0 Å². The molecule has 1 unspecified atom stereocenters. The largest absolute Gasteiger partial charge is 0.398 e. The maximum absolute atomic E-state index is 9.10. The normalized spacial score (nSPS) is 12.8. The zero-order chi connectivity index (χ0) is 10.6. The van der Waals surface area contributed by atoms with Crippen molar-refractivity contribution in [3.63, 3.8) is 0 Å². The Bertz CT molecular complexity index is 299. The van der Waals surface area contributed by atoms with Gasteiger partial charge in [-0.3, -0.25) is 0 Å².